The molecule has 1 saturated heterocycles. The van der Waals surface area contributed by atoms with E-state index in [1.165, 1.54) is 49.8 Å². The molecule has 1 aliphatic heterocycles. The third-order valence-corrected chi connectivity index (χ3v) is 5.47. The SMILES string of the molecule is Cc1ccc(C(N)=S)c(N2CCC3(CCCC3)CC2)c1. The van der Waals surface area contributed by atoms with Crippen LogP contribution in [-0.4, -0.2) is 18.1 Å². The summed E-state index contributed by atoms with van der Waals surface area (Å²) in [5.74, 6) is 0. The molecule has 2 fully saturated rings. The van der Waals surface area contributed by atoms with Crippen molar-refractivity contribution in [1.29, 1.82) is 0 Å². The number of nitrogens with zero attached hydrogens (tertiary/aromatic N) is 1. The predicted molar refractivity (Wildman–Crippen MR) is 89.4 cm³/mol. The number of hydrogen-bond acceptors (Lipinski definition) is 2. The maximum Gasteiger partial charge on any atom is 0.106 e. The van der Waals surface area contributed by atoms with E-state index in [1.54, 1.807) is 0 Å². The minimum absolute atomic E-state index is 0.515. The van der Waals surface area contributed by atoms with Gasteiger partial charge >= 0.3 is 0 Å². The van der Waals surface area contributed by atoms with E-state index in [1.807, 2.05) is 0 Å². The van der Waals surface area contributed by atoms with Crippen LogP contribution in [-0.2, 0) is 0 Å². The summed E-state index contributed by atoms with van der Waals surface area (Å²) in [4.78, 5) is 3.01. The van der Waals surface area contributed by atoms with Crippen LogP contribution in [0.1, 0.15) is 49.7 Å². The zero-order valence-corrected chi connectivity index (χ0v) is 13.1. The average Bonchev–Trinajstić information content (AvgIpc) is 2.87. The Morgan fingerprint density at radius 1 is 1.15 bits per heavy atom. The Bertz CT molecular complexity index is 508. The molecular weight excluding hydrogens is 264 g/mol. The standard InChI is InChI=1S/C17H24N2S/c1-13-4-5-14(16(18)20)15(12-13)19-10-8-17(9-11-19)6-2-3-7-17/h4-5,12H,2-3,6-11H2,1H3,(H2,18,20). The number of anilines is 1. The number of hydrogen-bond donors (Lipinski definition) is 1. The van der Waals surface area contributed by atoms with Gasteiger partial charge < -0.3 is 10.6 Å². The molecule has 1 aromatic rings. The summed E-state index contributed by atoms with van der Waals surface area (Å²) < 4.78 is 0. The maximum atomic E-state index is 5.89. The van der Waals surface area contributed by atoms with Crippen molar-refractivity contribution in [1.82, 2.24) is 0 Å². The van der Waals surface area contributed by atoms with Crippen molar-refractivity contribution < 1.29 is 0 Å². The third-order valence-electron chi connectivity index (χ3n) is 5.25. The molecule has 3 rings (SSSR count). The molecule has 2 aliphatic rings. The molecule has 1 spiro atoms. The molecule has 0 radical (unpaired) electrons. The predicted octanol–water partition coefficient (Wildman–Crippen LogP) is 3.79. The van der Waals surface area contributed by atoms with Crippen LogP contribution in [0.3, 0.4) is 0 Å². The Balaban J connectivity index is 1.80. The molecular formula is C17H24N2S. The summed E-state index contributed by atoms with van der Waals surface area (Å²) in [6, 6.07) is 6.41. The number of nitrogens with two attached hydrogens (primary N) is 1. The Morgan fingerprint density at radius 3 is 2.40 bits per heavy atom. The van der Waals surface area contributed by atoms with Crippen molar-refractivity contribution in [3.05, 3.63) is 29.3 Å². The Hall–Kier alpha value is -1.09. The van der Waals surface area contributed by atoms with Crippen LogP contribution in [0.2, 0.25) is 0 Å². The molecule has 2 N–H and O–H groups in total. The van der Waals surface area contributed by atoms with Crippen LogP contribution in [0.5, 0.6) is 0 Å². The summed E-state index contributed by atoms with van der Waals surface area (Å²) >= 11 is 5.21. The van der Waals surface area contributed by atoms with Crippen molar-refractivity contribution >= 4 is 22.9 Å². The van der Waals surface area contributed by atoms with Gasteiger partial charge in [0, 0.05) is 24.3 Å². The zero-order valence-electron chi connectivity index (χ0n) is 12.3. The van der Waals surface area contributed by atoms with Crippen LogP contribution >= 0.6 is 12.2 Å². The Morgan fingerprint density at radius 2 is 1.80 bits per heavy atom. The van der Waals surface area contributed by atoms with Crippen LogP contribution in [0.15, 0.2) is 18.2 Å². The molecule has 0 aromatic heterocycles. The van der Waals surface area contributed by atoms with E-state index in [4.69, 9.17) is 18.0 Å². The number of benzene rings is 1. The first-order valence-electron chi connectivity index (χ1n) is 7.75. The fraction of sp³-hybridized carbons (Fsp3) is 0.588. The molecule has 0 atom stereocenters. The van der Waals surface area contributed by atoms with Gasteiger partial charge in [0.2, 0.25) is 0 Å². The van der Waals surface area contributed by atoms with Crippen LogP contribution in [0.25, 0.3) is 0 Å². The first-order chi connectivity index (χ1) is 9.60. The van der Waals surface area contributed by atoms with Gasteiger partial charge in [-0.1, -0.05) is 31.1 Å². The Labute approximate surface area is 127 Å². The number of rotatable bonds is 2. The van der Waals surface area contributed by atoms with E-state index in [0.29, 0.717) is 10.4 Å². The van der Waals surface area contributed by atoms with Crippen molar-refractivity contribution in [3.8, 4) is 0 Å². The first kappa shape index (κ1) is 13.9. The summed E-state index contributed by atoms with van der Waals surface area (Å²) in [5, 5.41) is 0. The number of aryl methyl sites for hydroxylation is 1. The summed E-state index contributed by atoms with van der Waals surface area (Å²) in [6.07, 6.45) is 8.41. The van der Waals surface area contributed by atoms with Gasteiger partial charge in [0.05, 0.1) is 0 Å². The molecule has 0 unspecified atom stereocenters. The molecule has 1 aliphatic carbocycles. The van der Waals surface area contributed by atoms with Crippen LogP contribution in [0, 0.1) is 12.3 Å². The van der Waals surface area contributed by atoms with Gasteiger partial charge in [-0.15, -0.1) is 0 Å². The molecule has 2 nitrogen and oxygen atoms in total. The lowest BCUT2D eigenvalue weighted by Crippen LogP contribution is -2.39. The molecule has 1 aromatic carbocycles. The van der Waals surface area contributed by atoms with E-state index in [2.05, 4.69) is 30.0 Å². The zero-order chi connectivity index (χ0) is 14.2. The monoisotopic (exact) mass is 288 g/mol. The number of thiocarbonyl (C=S) groups is 1. The van der Waals surface area contributed by atoms with Gasteiger partial charge in [0.15, 0.2) is 0 Å². The molecule has 20 heavy (non-hydrogen) atoms. The quantitative estimate of drug-likeness (QED) is 0.840. The first-order valence-corrected chi connectivity index (χ1v) is 8.16. The maximum absolute atomic E-state index is 5.89. The lowest BCUT2D eigenvalue weighted by Gasteiger charge is -2.41. The highest BCUT2D eigenvalue weighted by Gasteiger charge is 2.37. The molecule has 108 valence electrons. The van der Waals surface area contributed by atoms with Crippen molar-refractivity contribution in [2.75, 3.05) is 18.0 Å². The van der Waals surface area contributed by atoms with Crippen LogP contribution < -0.4 is 10.6 Å². The van der Waals surface area contributed by atoms with Crippen LogP contribution in [0.4, 0.5) is 5.69 Å². The second kappa shape index (κ2) is 5.36. The van der Waals surface area contributed by atoms with Gasteiger partial charge in [0.1, 0.15) is 4.99 Å². The molecule has 1 saturated carbocycles. The van der Waals surface area contributed by atoms with Crippen molar-refractivity contribution in [3.63, 3.8) is 0 Å². The molecule has 0 bridgehead atoms. The van der Waals surface area contributed by atoms with Gasteiger partial charge in [-0.2, -0.15) is 0 Å². The van der Waals surface area contributed by atoms with Gasteiger partial charge in [0.25, 0.3) is 0 Å². The second-order valence-corrected chi connectivity index (χ2v) is 7.02. The normalized spacial score (nSPS) is 21.4. The van der Waals surface area contributed by atoms with Gasteiger partial charge in [-0.3, -0.25) is 0 Å². The molecule has 3 heteroatoms. The van der Waals surface area contributed by atoms with Crippen molar-refractivity contribution in [2.45, 2.75) is 45.4 Å². The van der Waals surface area contributed by atoms with Gasteiger partial charge in [-0.05, 0) is 55.7 Å². The minimum atomic E-state index is 0.515. The fourth-order valence-electron chi connectivity index (χ4n) is 3.96. The lowest BCUT2D eigenvalue weighted by atomic mass is 9.77. The highest BCUT2D eigenvalue weighted by Crippen LogP contribution is 2.46. The van der Waals surface area contributed by atoms with E-state index >= 15 is 0 Å². The minimum Gasteiger partial charge on any atom is -0.389 e. The smallest absolute Gasteiger partial charge is 0.106 e. The van der Waals surface area contributed by atoms with E-state index < -0.39 is 0 Å². The lowest BCUT2D eigenvalue weighted by molar-refractivity contribution is 0.226. The van der Waals surface area contributed by atoms with E-state index in [0.717, 1.165) is 18.7 Å². The topological polar surface area (TPSA) is 29.3 Å². The van der Waals surface area contributed by atoms with E-state index in [9.17, 15) is 0 Å². The summed E-state index contributed by atoms with van der Waals surface area (Å²) in [7, 11) is 0. The van der Waals surface area contributed by atoms with Gasteiger partial charge in [-0.25, -0.2) is 0 Å². The highest BCUT2D eigenvalue weighted by atomic mass is 32.1. The highest BCUT2D eigenvalue weighted by molar-refractivity contribution is 7.80. The second-order valence-electron chi connectivity index (χ2n) is 6.58. The summed E-state index contributed by atoms with van der Waals surface area (Å²) in [5.41, 5.74) is 10.1. The molecule has 1 heterocycles. The van der Waals surface area contributed by atoms with E-state index in [-0.39, 0.29) is 0 Å². The van der Waals surface area contributed by atoms with Crippen molar-refractivity contribution in [2.24, 2.45) is 11.1 Å². The third kappa shape index (κ3) is 2.56. The average molecular weight is 288 g/mol. The number of piperidine rings is 1. The summed E-state index contributed by atoms with van der Waals surface area (Å²) in [6.45, 7) is 4.44. The largest absolute Gasteiger partial charge is 0.389 e. The fourth-order valence-corrected chi connectivity index (χ4v) is 4.13. The molecule has 0 amide bonds. The Kier molecular flexibility index (Phi) is 3.72.